The Morgan fingerprint density at radius 2 is 1.91 bits per heavy atom. The Balaban J connectivity index is 2.71. The highest BCUT2D eigenvalue weighted by molar-refractivity contribution is 5.81. The van der Waals surface area contributed by atoms with Crippen molar-refractivity contribution in [3.05, 3.63) is 0 Å². The lowest BCUT2D eigenvalue weighted by molar-refractivity contribution is -0.124. The molecule has 1 amide bonds. The van der Waals surface area contributed by atoms with Gasteiger partial charge in [-0.25, -0.2) is 0 Å². The van der Waals surface area contributed by atoms with E-state index >= 15 is 0 Å². The molecular weight excluding hydrogens is 138 g/mol. The molecule has 0 radical (unpaired) electrons. The zero-order chi connectivity index (χ0) is 8.59. The lowest BCUT2D eigenvalue weighted by Gasteiger charge is -2.17. The summed E-state index contributed by atoms with van der Waals surface area (Å²) in [6.45, 7) is 8.44. The SMILES string of the molecule is CC(C)C1C(=O)NC(C)C1C. The molecule has 3 unspecified atom stereocenters. The molecule has 1 aliphatic rings. The number of amides is 1. The molecule has 1 heterocycles. The molecule has 0 bridgehead atoms. The predicted octanol–water partition coefficient (Wildman–Crippen LogP) is 1.41. The minimum absolute atomic E-state index is 0.227. The topological polar surface area (TPSA) is 29.1 Å². The van der Waals surface area contributed by atoms with Crippen LogP contribution >= 0.6 is 0 Å². The number of nitrogens with one attached hydrogen (secondary N) is 1. The van der Waals surface area contributed by atoms with Crippen molar-refractivity contribution in [2.24, 2.45) is 17.8 Å². The van der Waals surface area contributed by atoms with Crippen molar-refractivity contribution >= 4 is 5.91 Å². The molecule has 0 aliphatic carbocycles. The number of carbonyl (C=O) groups is 1. The first-order valence-electron chi connectivity index (χ1n) is 4.34. The molecule has 0 spiro atoms. The monoisotopic (exact) mass is 155 g/mol. The zero-order valence-electron chi connectivity index (χ0n) is 7.72. The van der Waals surface area contributed by atoms with Crippen molar-refractivity contribution in [3.8, 4) is 0 Å². The van der Waals surface area contributed by atoms with Crippen LogP contribution in [0.1, 0.15) is 27.7 Å². The van der Waals surface area contributed by atoms with Crippen LogP contribution in [-0.4, -0.2) is 11.9 Å². The highest BCUT2D eigenvalue weighted by Crippen LogP contribution is 2.28. The van der Waals surface area contributed by atoms with Crippen molar-refractivity contribution in [2.45, 2.75) is 33.7 Å². The molecule has 0 aromatic heterocycles. The fraction of sp³-hybridized carbons (Fsp3) is 0.889. The molecule has 1 rings (SSSR count). The minimum atomic E-state index is 0.227. The highest BCUT2D eigenvalue weighted by atomic mass is 16.2. The lowest BCUT2D eigenvalue weighted by atomic mass is 9.84. The summed E-state index contributed by atoms with van der Waals surface area (Å²) in [5.41, 5.74) is 0. The van der Waals surface area contributed by atoms with Crippen molar-refractivity contribution in [1.82, 2.24) is 5.32 Å². The van der Waals surface area contributed by atoms with E-state index in [0.29, 0.717) is 17.9 Å². The van der Waals surface area contributed by atoms with E-state index in [4.69, 9.17) is 0 Å². The summed E-state index contributed by atoms with van der Waals surface area (Å²) in [4.78, 5) is 11.3. The van der Waals surface area contributed by atoms with Gasteiger partial charge >= 0.3 is 0 Å². The van der Waals surface area contributed by atoms with E-state index in [0.717, 1.165) is 0 Å². The number of carbonyl (C=O) groups excluding carboxylic acids is 1. The second kappa shape index (κ2) is 2.84. The van der Waals surface area contributed by atoms with Crippen molar-refractivity contribution < 1.29 is 4.79 Å². The van der Waals surface area contributed by atoms with Crippen molar-refractivity contribution in [2.75, 3.05) is 0 Å². The first-order valence-corrected chi connectivity index (χ1v) is 4.34. The summed E-state index contributed by atoms with van der Waals surface area (Å²) in [6, 6.07) is 0.356. The molecule has 0 saturated carbocycles. The van der Waals surface area contributed by atoms with Gasteiger partial charge in [0.15, 0.2) is 0 Å². The van der Waals surface area contributed by atoms with E-state index in [1.807, 2.05) is 0 Å². The van der Waals surface area contributed by atoms with Gasteiger partial charge in [-0.15, -0.1) is 0 Å². The van der Waals surface area contributed by atoms with Crippen LogP contribution in [0.25, 0.3) is 0 Å². The Hall–Kier alpha value is -0.530. The number of rotatable bonds is 1. The number of hydrogen-bond acceptors (Lipinski definition) is 1. The Kier molecular flexibility index (Phi) is 2.21. The maximum absolute atomic E-state index is 11.3. The van der Waals surface area contributed by atoms with Crippen LogP contribution in [0.5, 0.6) is 0 Å². The highest BCUT2D eigenvalue weighted by Gasteiger charge is 2.38. The molecule has 1 fully saturated rings. The summed E-state index contributed by atoms with van der Waals surface area (Å²) in [5, 5.41) is 2.96. The maximum atomic E-state index is 11.3. The van der Waals surface area contributed by atoms with Gasteiger partial charge in [0.1, 0.15) is 0 Å². The Bertz CT molecular complexity index is 165. The molecule has 0 aromatic rings. The van der Waals surface area contributed by atoms with Gasteiger partial charge in [0, 0.05) is 12.0 Å². The molecule has 2 heteroatoms. The zero-order valence-corrected chi connectivity index (χ0v) is 7.72. The summed E-state index contributed by atoms with van der Waals surface area (Å²) in [6.07, 6.45) is 0. The predicted molar refractivity (Wildman–Crippen MR) is 45.1 cm³/mol. The molecule has 1 N–H and O–H groups in total. The summed E-state index contributed by atoms with van der Waals surface area (Å²) in [7, 11) is 0. The third kappa shape index (κ3) is 1.39. The Morgan fingerprint density at radius 1 is 1.36 bits per heavy atom. The second-order valence-corrected chi connectivity index (χ2v) is 3.93. The third-order valence-corrected chi connectivity index (χ3v) is 2.75. The molecule has 3 atom stereocenters. The van der Waals surface area contributed by atoms with Crippen LogP contribution in [-0.2, 0) is 4.79 Å². The van der Waals surface area contributed by atoms with Crippen LogP contribution in [0.15, 0.2) is 0 Å². The Morgan fingerprint density at radius 3 is 2.09 bits per heavy atom. The molecule has 0 aromatic carbocycles. The fourth-order valence-electron chi connectivity index (χ4n) is 1.91. The maximum Gasteiger partial charge on any atom is 0.223 e. The minimum Gasteiger partial charge on any atom is -0.353 e. The van der Waals surface area contributed by atoms with Crippen molar-refractivity contribution in [1.29, 1.82) is 0 Å². The molecule has 11 heavy (non-hydrogen) atoms. The van der Waals surface area contributed by atoms with Gasteiger partial charge < -0.3 is 5.32 Å². The molecule has 64 valence electrons. The van der Waals surface area contributed by atoms with Gasteiger partial charge in [0.25, 0.3) is 0 Å². The van der Waals surface area contributed by atoms with E-state index < -0.39 is 0 Å². The smallest absolute Gasteiger partial charge is 0.223 e. The standard InChI is InChI=1S/C9H17NO/c1-5(2)8-6(3)7(4)10-9(8)11/h5-8H,1-4H3,(H,10,11). The third-order valence-electron chi connectivity index (χ3n) is 2.75. The first-order chi connectivity index (χ1) is 5.04. The fourth-order valence-corrected chi connectivity index (χ4v) is 1.91. The van der Waals surface area contributed by atoms with E-state index in [1.165, 1.54) is 0 Å². The van der Waals surface area contributed by atoms with Crippen LogP contribution in [0.3, 0.4) is 0 Å². The van der Waals surface area contributed by atoms with Gasteiger partial charge in [-0.3, -0.25) is 4.79 Å². The number of hydrogen-bond donors (Lipinski definition) is 1. The van der Waals surface area contributed by atoms with Gasteiger partial charge in [0.05, 0.1) is 0 Å². The van der Waals surface area contributed by atoms with Gasteiger partial charge in [0.2, 0.25) is 5.91 Å². The molecule has 1 saturated heterocycles. The lowest BCUT2D eigenvalue weighted by Crippen LogP contribution is -2.25. The summed E-state index contributed by atoms with van der Waals surface area (Å²) < 4.78 is 0. The first kappa shape index (κ1) is 8.57. The van der Waals surface area contributed by atoms with Crippen LogP contribution in [0.2, 0.25) is 0 Å². The quantitative estimate of drug-likeness (QED) is 0.609. The van der Waals surface area contributed by atoms with Gasteiger partial charge in [-0.05, 0) is 18.8 Å². The molecule has 1 aliphatic heterocycles. The van der Waals surface area contributed by atoms with Crippen molar-refractivity contribution in [3.63, 3.8) is 0 Å². The molecule has 2 nitrogen and oxygen atoms in total. The largest absolute Gasteiger partial charge is 0.353 e. The Labute approximate surface area is 68.4 Å². The van der Waals surface area contributed by atoms with Crippen LogP contribution < -0.4 is 5.32 Å². The van der Waals surface area contributed by atoms with E-state index in [-0.39, 0.29) is 11.8 Å². The van der Waals surface area contributed by atoms with Gasteiger partial charge in [-0.1, -0.05) is 20.8 Å². The molecular formula is C9H17NO. The van der Waals surface area contributed by atoms with Gasteiger partial charge in [-0.2, -0.15) is 0 Å². The van der Waals surface area contributed by atoms with E-state index in [1.54, 1.807) is 0 Å². The summed E-state index contributed by atoms with van der Waals surface area (Å²) in [5.74, 6) is 1.42. The van der Waals surface area contributed by atoms with Crippen LogP contribution in [0, 0.1) is 17.8 Å². The van der Waals surface area contributed by atoms with E-state index in [2.05, 4.69) is 33.0 Å². The normalized spacial score (nSPS) is 37.9. The second-order valence-electron chi connectivity index (χ2n) is 3.93. The average molecular weight is 155 g/mol. The van der Waals surface area contributed by atoms with Crippen LogP contribution in [0.4, 0.5) is 0 Å². The average Bonchev–Trinajstić information content (AvgIpc) is 2.07. The van der Waals surface area contributed by atoms with E-state index in [9.17, 15) is 4.79 Å². The summed E-state index contributed by atoms with van der Waals surface area (Å²) >= 11 is 0.